The summed E-state index contributed by atoms with van der Waals surface area (Å²) < 4.78 is 0. The fourth-order valence-corrected chi connectivity index (χ4v) is 4.12. The van der Waals surface area contributed by atoms with Crippen molar-refractivity contribution in [3.8, 4) is 0 Å². The molecule has 0 radical (unpaired) electrons. The Labute approximate surface area is 155 Å². The summed E-state index contributed by atoms with van der Waals surface area (Å²) in [6.07, 6.45) is 4.67. The zero-order valence-electron chi connectivity index (χ0n) is 13.8. The number of benzene rings is 3. The SMILES string of the molecule is O=C(O)/C=C/c1c2ccccc2c(Sc2ccccn2)c2ccccc12. The topological polar surface area (TPSA) is 50.2 Å². The largest absolute Gasteiger partial charge is 0.478 e. The highest BCUT2D eigenvalue weighted by Crippen LogP contribution is 2.41. The lowest BCUT2D eigenvalue weighted by Gasteiger charge is -2.14. The smallest absolute Gasteiger partial charge is 0.328 e. The average Bonchev–Trinajstić information content (AvgIpc) is 2.68. The third-order valence-electron chi connectivity index (χ3n) is 4.16. The molecule has 0 spiro atoms. The van der Waals surface area contributed by atoms with Crippen molar-refractivity contribution in [3.05, 3.63) is 84.6 Å². The van der Waals surface area contributed by atoms with Crippen LogP contribution in [0.5, 0.6) is 0 Å². The van der Waals surface area contributed by atoms with Crippen LogP contribution in [0.25, 0.3) is 27.6 Å². The van der Waals surface area contributed by atoms with E-state index in [4.69, 9.17) is 5.11 Å². The highest BCUT2D eigenvalue weighted by atomic mass is 32.2. The quantitative estimate of drug-likeness (QED) is 0.379. The highest BCUT2D eigenvalue weighted by Gasteiger charge is 2.13. The summed E-state index contributed by atoms with van der Waals surface area (Å²) in [7, 11) is 0. The Morgan fingerprint density at radius 3 is 1.96 bits per heavy atom. The van der Waals surface area contributed by atoms with Crippen molar-refractivity contribution in [1.29, 1.82) is 0 Å². The molecule has 1 N–H and O–H groups in total. The Morgan fingerprint density at radius 1 is 0.846 bits per heavy atom. The summed E-state index contributed by atoms with van der Waals surface area (Å²) in [6.45, 7) is 0. The van der Waals surface area contributed by atoms with E-state index in [-0.39, 0.29) is 0 Å². The van der Waals surface area contributed by atoms with Crippen molar-refractivity contribution >= 4 is 45.4 Å². The molecule has 126 valence electrons. The van der Waals surface area contributed by atoms with Crippen LogP contribution in [0.2, 0.25) is 0 Å². The van der Waals surface area contributed by atoms with Gasteiger partial charge in [0.1, 0.15) is 5.03 Å². The van der Waals surface area contributed by atoms with Crippen LogP contribution in [0.1, 0.15) is 5.56 Å². The summed E-state index contributed by atoms with van der Waals surface area (Å²) in [4.78, 5) is 16.6. The van der Waals surface area contributed by atoms with Gasteiger partial charge >= 0.3 is 5.97 Å². The summed E-state index contributed by atoms with van der Waals surface area (Å²) in [5.74, 6) is -0.954. The first-order valence-electron chi connectivity index (χ1n) is 8.17. The number of pyridine rings is 1. The summed E-state index contributed by atoms with van der Waals surface area (Å²) in [5.41, 5.74) is 0.920. The Hall–Kier alpha value is -3.11. The average molecular weight is 357 g/mol. The monoisotopic (exact) mass is 357 g/mol. The number of hydrogen-bond donors (Lipinski definition) is 1. The Bertz CT molecular complexity index is 1080. The molecule has 3 aromatic carbocycles. The molecule has 4 rings (SSSR count). The van der Waals surface area contributed by atoms with Crippen LogP contribution in [0, 0.1) is 0 Å². The van der Waals surface area contributed by atoms with Crippen molar-refractivity contribution < 1.29 is 9.90 Å². The number of rotatable bonds is 4. The summed E-state index contributed by atoms with van der Waals surface area (Å²) in [6, 6.07) is 22.0. The molecule has 0 aliphatic heterocycles. The van der Waals surface area contributed by atoms with Gasteiger partial charge in [-0.3, -0.25) is 0 Å². The number of carboxylic acids is 1. The molecule has 4 heteroatoms. The molecule has 0 atom stereocenters. The Balaban J connectivity index is 2.05. The maximum atomic E-state index is 11.1. The van der Waals surface area contributed by atoms with Gasteiger partial charge in [0.05, 0.1) is 0 Å². The molecule has 0 aliphatic rings. The van der Waals surface area contributed by atoms with Crippen LogP contribution >= 0.6 is 11.8 Å². The van der Waals surface area contributed by atoms with E-state index in [2.05, 4.69) is 17.1 Å². The molecule has 26 heavy (non-hydrogen) atoms. The molecule has 3 nitrogen and oxygen atoms in total. The van der Waals surface area contributed by atoms with Gasteiger partial charge in [-0.1, -0.05) is 66.4 Å². The second-order valence-electron chi connectivity index (χ2n) is 5.78. The molecule has 1 aromatic heterocycles. The minimum atomic E-state index is -0.954. The zero-order chi connectivity index (χ0) is 17.9. The normalized spacial score (nSPS) is 11.4. The van der Waals surface area contributed by atoms with Crippen molar-refractivity contribution in [3.63, 3.8) is 0 Å². The number of fused-ring (bicyclic) bond motifs is 2. The molecule has 1 heterocycles. The second-order valence-corrected chi connectivity index (χ2v) is 6.81. The van der Waals surface area contributed by atoms with Crippen LogP contribution < -0.4 is 0 Å². The lowest BCUT2D eigenvalue weighted by molar-refractivity contribution is -0.131. The van der Waals surface area contributed by atoms with Crippen LogP contribution in [-0.2, 0) is 4.79 Å². The Morgan fingerprint density at radius 2 is 1.42 bits per heavy atom. The van der Waals surface area contributed by atoms with Gasteiger partial charge in [0, 0.05) is 17.2 Å². The molecule has 0 unspecified atom stereocenters. The predicted molar refractivity (Wildman–Crippen MR) is 106 cm³/mol. The van der Waals surface area contributed by atoms with Crippen molar-refractivity contribution in [2.75, 3.05) is 0 Å². The van der Waals surface area contributed by atoms with Gasteiger partial charge in [0.25, 0.3) is 0 Å². The maximum absolute atomic E-state index is 11.1. The number of hydrogen-bond acceptors (Lipinski definition) is 3. The standard InChI is InChI=1S/C22H15NO2S/c24-21(25)13-12-17-15-7-1-3-9-18(15)22(19-10-4-2-8-16(17)19)26-20-11-5-6-14-23-20/h1-14H,(H,24,25)/b13-12+. The van der Waals surface area contributed by atoms with Crippen molar-refractivity contribution in [2.24, 2.45) is 0 Å². The van der Waals surface area contributed by atoms with Gasteiger partial charge in [-0.15, -0.1) is 0 Å². The lowest BCUT2D eigenvalue weighted by Crippen LogP contribution is -1.90. The van der Waals surface area contributed by atoms with E-state index >= 15 is 0 Å². The highest BCUT2D eigenvalue weighted by molar-refractivity contribution is 7.99. The second kappa shape index (κ2) is 7.02. The molecule has 4 aromatic rings. The fraction of sp³-hybridized carbons (Fsp3) is 0. The van der Waals surface area contributed by atoms with Crippen molar-refractivity contribution in [1.82, 2.24) is 4.98 Å². The molecule has 0 bridgehead atoms. The Kier molecular flexibility index (Phi) is 4.42. The fourth-order valence-electron chi connectivity index (χ4n) is 3.08. The van der Waals surface area contributed by atoms with E-state index in [1.165, 1.54) is 6.08 Å². The van der Waals surface area contributed by atoms with Gasteiger partial charge in [0.15, 0.2) is 0 Å². The van der Waals surface area contributed by atoms with E-state index in [1.807, 2.05) is 54.6 Å². The van der Waals surface area contributed by atoms with E-state index in [0.29, 0.717) is 0 Å². The predicted octanol–water partition coefficient (Wildman–Crippen LogP) is 5.64. The van der Waals surface area contributed by atoms with Crippen LogP contribution in [0.3, 0.4) is 0 Å². The first-order chi connectivity index (χ1) is 12.7. The third kappa shape index (κ3) is 3.07. The van der Waals surface area contributed by atoms with Crippen molar-refractivity contribution in [2.45, 2.75) is 9.92 Å². The van der Waals surface area contributed by atoms with Gasteiger partial charge in [-0.05, 0) is 45.3 Å². The van der Waals surface area contributed by atoms with Gasteiger partial charge in [0.2, 0.25) is 0 Å². The number of aliphatic carboxylic acids is 1. The number of aromatic nitrogens is 1. The van der Waals surface area contributed by atoms with E-state index in [9.17, 15) is 4.79 Å². The minimum Gasteiger partial charge on any atom is -0.478 e. The lowest BCUT2D eigenvalue weighted by atomic mass is 9.96. The van der Waals surface area contributed by atoms with Crippen LogP contribution in [-0.4, -0.2) is 16.1 Å². The van der Waals surface area contributed by atoms with Gasteiger partial charge in [-0.25, -0.2) is 9.78 Å². The molecular formula is C22H15NO2S. The molecule has 0 aliphatic carbocycles. The van der Waals surface area contributed by atoms with E-state index < -0.39 is 5.97 Å². The molecular weight excluding hydrogens is 342 g/mol. The first kappa shape index (κ1) is 16.4. The number of carbonyl (C=O) groups is 1. The molecule has 0 amide bonds. The van der Waals surface area contributed by atoms with Crippen LogP contribution in [0.15, 0.2) is 88.9 Å². The first-order valence-corrected chi connectivity index (χ1v) is 8.99. The van der Waals surface area contributed by atoms with Gasteiger partial charge in [-0.2, -0.15) is 0 Å². The van der Waals surface area contributed by atoms with E-state index in [1.54, 1.807) is 24.0 Å². The van der Waals surface area contributed by atoms with Gasteiger partial charge < -0.3 is 5.11 Å². The van der Waals surface area contributed by atoms with E-state index in [0.717, 1.165) is 37.0 Å². The molecule has 0 saturated carbocycles. The number of carboxylic acid groups (broad SMARTS) is 1. The summed E-state index contributed by atoms with van der Waals surface area (Å²) in [5, 5.41) is 14.2. The molecule has 0 fully saturated rings. The number of nitrogens with zero attached hydrogens (tertiary/aromatic N) is 1. The van der Waals surface area contributed by atoms with Crippen LogP contribution in [0.4, 0.5) is 0 Å². The zero-order valence-corrected chi connectivity index (χ0v) is 14.6. The maximum Gasteiger partial charge on any atom is 0.328 e. The minimum absolute atomic E-state index is 0.920. The molecule has 0 saturated heterocycles. The third-order valence-corrected chi connectivity index (χ3v) is 5.26. The summed E-state index contributed by atoms with van der Waals surface area (Å²) >= 11 is 1.63.